The van der Waals surface area contributed by atoms with Crippen LogP contribution in [-0.4, -0.2) is 3.21 Å². The maximum Gasteiger partial charge on any atom is -0.172 e. The molecular weight excluding hydrogens is 440 g/mol. The van der Waals surface area contributed by atoms with Gasteiger partial charge in [-0.3, -0.25) is 0 Å². The average molecular weight is 472 g/mol. The molecule has 0 unspecified atom stereocenters. The van der Waals surface area contributed by atoms with E-state index in [1.807, 2.05) is 30.3 Å². The van der Waals surface area contributed by atoms with Crippen molar-refractivity contribution >= 4 is 3.21 Å². The fourth-order valence-electron chi connectivity index (χ4n) is 3.20. The van der Waals surface area contributed by atoms with Crippen LogP contribution >= 0.6 is 0 Å². The molecule has 30 heavy (non-hydrogen) atoms. The molecule has 0 aliphatic heterocycles. The van der Waals surface area contributed by atoms with E-state index >= 15 is 0 Å². The van der Waals surface area contributed by atoms with Crippen molar-refractivity contribution in [3.63, 3.8) is 0 Å². The molecule has 4 aromatic rings. The molecule has 0 bridgehead atoms. The van der Waals surface area contributed by atoms with Crippen molar-refractivity contribution in [1.29, 1.82) is 0 Å². The molecule has 0 aliphatic rings. The van der Waals surface area contributed by atoms with Crippen LogP contribution in [0.3, 0.4) is 0 Å². The Labute approximate surface area is 197 Å². The molecular formula is C29H32Zr. The van der Waals surface area contributed by atoms with Gasteiger partial charge in [-0.15, -0.1) is 0 Å². The van der Waals surface area contributed by atoms with Gasteiger partial charge >= 0.3 is 112 Å². The summed E-state index contributed by atoms with van der Waals surface area (Å²) in [7, 11) is 0. The minimum atomic E-state index is 1.12. The van der Waals surface area contributed by atoms with Gasteiger partial charge in [0.2, 0.25) is 0 Å². The Morgan fingerprint density at radius 3 is 1.50 bits per heavy atom. The van der Waals surface area contributed by atoms with Crippen molar-refractivity contribution in [3.8, 4) is 0 Å². The number of benzene rings is 2. The molecule has 0 radical (unpaired) electrons. The zero-order valence-electron chi connectivity index (χ0n) is 18.7. The first kappa shape index (κ1) is 24.2. The predicted molar refractivity (Wildman–Crippen MR) is 128 cm³/mol. The van der Waals surface area contributed by atoms with Crippen LogP contribution in [0, 0.1) is 27.7 Å². The Kier molecular flexibility index (Phi) is 10.7. The van der Waals surface area contributed by atoms with E-state index in [9.17, 15) is 0 Å². The van der Waals surface area contributed by atoms with Crippen LogP contribution in [-0.2, 0) is 37.1 Å². The summed E-state index contributed by atoms with van der Waals surface area (Å²) in [6.45, 7) is 8.68. The third-order valence-electron chi connectivity index (χ3n) is 5.25. The smallest absolute Gasteiger partial charge is 0.172 e. The summed E-state index contributed by atoms with van der Waals surface area (Å²) in [5, 5.41) is 0. The molecule has 4 rings (SSSR count). The van der Waals surface area contributed by atoms with Gasteiger partial charge in [-0.1, -0.05) is 27.7 Å². The van der Waals surface area contributed by atoms with E-state index in [1.165, 1.54) is 33.4 Å². The molecule has 0 amide bonds. The summed E-state index contributed by atoms with van der Waals surface area (Å²) < 4.78 is 1.60. The standard InChI is InChI=1S/C15H14.C9H13.C5H5.Zr/c1-3-8-14(9-4-1)12-7-13-15-10-5-2-6-11-15;1-6-5-7(2)9(4)8(6)3;1-2-4-5-3-1;/h1-6,8-11H,12-13H2;5H,1-4H3;1-5H;/q;2*-1;+2. The van der Waals surface area contributed by atoms with Crippen LogP contribution in [0.5, 0.6) is 0 Å². The summed E-state index contributed by atoms with van der Waals surface area (Å²) in [5.41, 5.74) is 8.59. The van der Waals surface area contributed by atoms with Gasteiger partial charge in [0.15, 0.2) is 0 Å². The molecule has 0 fully saturated rings. The van der Waals surface area contributed by atoms with Gasteiger partial charge in [-0.05, 0) is 0 Å². The molecule has 0 aliphatic carbocycles. The summed E-state index contributed by atoms with van der Waals surface area (Å²) >= 11 is 1.55. The van der Waals surface area contributed by atoms with Crippen molar-refractivity contribution in [3.05, 3.63) is 130 Å². The monoisotopic (exact) mass is 470 g/mol. The van der Waals surface area contributed by atoms with Gasteiger partial charge in [0.25, 0.3) is 0 Å². The fraction of sp³-hybridized carbons (Fsp3) is 0.207. The van der Waals surface area contributed by atoms with Crippen LogP contribution in [0.25, 0.3) is 0 Å². The quantitative estimate of drug-likeness (QED) is 0.275. The average Bonchev–Trinajstić information content (AvgIpc) is 3.40. The van der Waals surface area contributed by atoms with Crippen molar-refractivity contribution in [2.24, 2.45) is 0 Å². The van der Waals surface area contributed by atoms with Crippen molar-refractivity contribution in [1.82, 2.24) is 0 Å². The van der Waals surface area contributed by atoms with Gasteiger partial charge in [0, 0.05) is 0 Å². The van der Waals surface area contributed by atoms with Crippen molar-refractivity contribution < 1.29 is 24.2 Å². The maximum absolute atomic E-state index is 2.24. The third kappa shape index (κ3) is 8.72. The minimum Gasteiger partial charge on any atom is -0.214 e. The largest absolute Gasteiger partial charge is 0.214 e. The fourth-order valence-corrected chi connectivity index (χ4v) is 4.20. The van der Waals surface area contributed by atoms with E-state index in [0.29, 0.717) is 0 Å². The Hall–Kier alpha value is -2.11. The van der Waals surface area contributed by atoms with Gasteiger partial charge < -0.3 is 0 Å². The van der Waals surface area contributed by atoms with Crippen molar-refractivity contribution in [2.75, 3.05) is 0 Å². The Balaban J connectivity index is 0.000000190. The number of hydrogen-bond acceptors (Lipinski definition) is 0. The summed E-state index contributed by atoms with van der Waals surface area (Å²) in [6, 6.07) is 33.6. The molecule has 0 spiro atoms. The number of hydrogen-bond donors (Lipinski definition) is 0. The van der Waals surface area contributed by atoms with E-state index in [2.05, 4.69) is 94.4 Å². The summed E-state index contributed by atoms with van der Waals surface area (Å²) in [5.74, 6) is 0. The van der Waals surface area contributed by atoms with Crippen LogP contribution < -0.4 is 0 Å². The van der Waals surface area contributed by atoms with E-state index in [4.69, 9.17) is 0 Å². The first-order valence-corrected chi connectivity index (χ1v) is 11.7. The minimum absolute atomic E-state index is 1.12. The normalized spacial score (nSPS) is 9.80. The van der Waals surface area contributed by atoms with Gasteiger partial charge in [-0.2, -0.15) is 46.5 Å². The molecule has 152 valence electrons. The Bertz CT molecular complexity index is 891. The van der Waals surface area contributed by atoms with Crippen LogP contribution in [0.4, 0.5) is 0 Å². The van der Waals surface area contributed by atoms with E-state index in [1.54, 1.807) is 27.4 Å². The number of aryl methyl sites for hydroxylation is 2. The Morgan fingerprint density at radius 2 is 1.23 bits per heavy atom. The summed E-state index contributed by atoms with van der Waals surface area (Å²) in [4.78, 5) is 0. The van der Waals surface area contributed by atoms with Crippen molar-refractivity contribution in [2.45, 2.75) is 40.5 Å². The first-order chi connectivity index (χ1) is 14.5. The molecule has 0 N–H and O–H groups in total. The van der Waals surface area contributed by atoms with Crippen LogP contribution in [0.15, 0.2) is 97.1 Å². The zero-order valence-corrected chi connectivity index (χ0v) is 21.1. The molecule has 4 aromatic carbocycles. The molecule has 0 atom stereocenters. The topological polar surface area (TPSA) is 0 Å². The zero-order chi connectivity index (χ0) is 21.8. The molecule has 1 heteroatoms. The third-order valence-corrected chi connectivity index (χ3v) is 6.12. The van der Waals surface area contributed by atoms with E-state index in [0.717, 1.165) is 12.8 Å². The number of rotatable bonds is 4. The van der Waals surface area contributed by atoms with Crippen LogP contribution in [0.2, 0.25) is 0 Å². The maximum atomic E-state index is 2.24. The molecule has 0 saturated carbocycles. The summed E-state index contributed by atoms with van der Waals surface area (Å²) in [6.07, 6.45) is 2.24. The SMILES string of the molecule is Cc1c[c-](C)c(C)c1C.[Zr+2]=[C](Cc1ccccc1)Cc1ccccc1.c1cc[cH-]c1. The Morgan fingerprint density at radius 1 is 0.767 bits per heavy atom. The first-order valence-electron chi connectivity index (χ1n) is 10.5. The molecule has 0 nitrogen and oxygen atoms in total. The predicted octanol–water partition coefficient (Wildman–Crippen LogP) is 7.24. The second-order valence-corrected chi connectivity index (χ2v) is 9.39. The van der Waals surface area contributed by atoms with Gasteiger partial charge in [0.05, 0.1) is 0 Å². The molecule has 0 heterocycles. The molecule has 0 aromatic heterocycles. The van der Waals surface area contributed by atoms with Gasteiger partial charge in [-0.25, -0.2) is 12.1 Å². The second-order valence-electron chi connectivity index (χ2n) is 7.65. The second kappa shape index (κ2) is 13.2. The van der Waals surface area contributed by atoms with Crippen LogP contribution in [0.1, 0.15) is 33.4 Å². The van der Waals surface area contributed by atoms with E-state index in [-0.39, 0.29) is 0 Å². The van der Waals surface area contributed by atoms with Gasteiger partial charge in [0.1, 0.15) is 0 Å². The van der Waals surface area contributed by atoms with E-state index < -0.39 is 0 Å². The molecule has 0 saturated heterocycles.